The molecule has 1 aromatic heterocycles. The zero-order valence-electron chi connectivity index (χ0n) is 25.7. The number of likely N-dealkylation sites (N-methyl/N-ethyl adjacent to an activating group) is 1. The number of carbonyl (C=O) groups is 2. The first-order chi connectivity index (χ1) is 20.9. The van der Waals surface area contributed by atoms with Crippen LogP contribution in [0.3, 0.4) is 0 Å². The summed E-state index contributed by atoms with van der Waals surface area (Å²) in [5.41, 5.74) is 1.26. The molecule has 2 fully saturated rings. The minimum Gasteiger partial charge on any atom is -0.339 e. The zero-order valence-corrected chi connectivity index (χ0v) is 26.4. The minimum absolute atomic E-state index is 0.0401. The Labute approximate surface area is 261 Å². The number of fused-ring (bicyclic) bond motifs is 1. The van der Waals surface area contributed by atoms with Gasteiger partial charge in [0.1, 0.15) is 11.7 Å². The van der Waals surface area contributed by atoms with Crippen LogP contribution in [0.25, 0.3) is 10.8 Å². The first kappa shape index (κ1) is 31.4. The van der Waals surface area contributed by atoms with Gasteiger partial charge in [-0.05, 0) is 61.0 Å². The van der Waals surface area contributed by atoms with Crippen LogP contribution in [0, 0.1) is 5.92 Å². The SMILES string of the molecule is CCN(CC)CC(C1CCCCC1)N1CCN(C(=O)C(Cc2ccc(Cl)cc2)NC(=O)c2cc3ccccc3cn2)CC1. The molecule has 2 unspecified atom stereocenters. The summed E-state index contributed by atoms with van der Waals surface area (Å²) in [6, 6.07) is 16.9. The van der Waals surface area contributed by atoms with Crippen LogP contribution in [-0.4, -0.2) is 89.4 Å². The van der Waals surface area contributed by atoms with Gasteiger partial charge in [-0.25, -0.2) is 0 Å². The molecule has 1 N–H and O–H groups in total. The number of pyridine rings is 1. The largest absolute Gasteiger partial charge is 0.339 e. The number of carbonyl (C=O) groups excluding carboxylic acids is 2. The molecule has 230 valence electrons. The molecule has 2 heterocycles. The van der Waals surface area contributed by atoms with Crippen molar-refractivity contribution in [3.05, 3.63) is 77.1 Å². The van der Waals surface area contributed by atoms with Crippen molar-refractivity contribution < 1.29 is 9.59 Å². The Hall–Kier alpha value is -3.00. The van der Waals surface area contributed by atoms with Crippen molar-refractivity contribution in [2.75, 3.05) is 45.8 Å². The molecule has 1 aliphatic carbocycles. The maximum atomic E-state index is 14.0. The maximum absolute atomic E-state index is 14.0. The highest BCUT2D eigenvalue weighted by molar-refractivity contribution is 6.30. The van der Waals surface area contributed by atoms with Gasteiger partial charge in [0.05, 0.1) is 0 Å². The highest BCUT2D eigenvalue weighted by atomic mass is 35.5. The lowest BCUT2D eigenvalue weighted by atomic mass is 9.82. The van der Waals surface area contributed by atoms with Gasteiger partial charge in [0.25, 0.3) is 5.91 Å². The predicted molar refractivity (Wildman–Crippen MR) is 174 cm³/mol. The van der Waals surface area contributed by atoms with Gasteiger partial charge in [0.15, 0.2) is 0 Å². The van der Waals surface area contributed by atoms with Crippen molar-refractivity contribution in [3.8, 4) is 0 Å². The standard InChI is InChI=1S/C35H46ClN5O2/c1-3-39(4-2)25-33(27-10-6-5-7-11-27)40-18-20-41(21-19-40)35(43)32(22-26-14-16-30(36)17-15-26)38-34(42)31-23-28-12-8-9-13-29(28)24-37-31/h8-9,12-17,23-24,27,32-33H,3-7,10-11,18-22,25H2,1-2H3,(H,38,42). The Kier molecular flexibility index (Phi) is 11.1. The second kappa shape index (κ2) is 15.1. The van der Waals surface area contributed by atoms with Gasteiger partial charge in [-0.3, -0.25) is 19.5 Å². The van der Waals surface area contributed by atoms with Gasteiger partial charge in [-0.1, -0.05) is 81.1 Å². The average Bonchev–Trinajstić information content (AvgIpc) is 3.06. The summed E-state index contributed by atoms with van der Waals surface area (Å²) in [5, 5.41) is 5.59. The number of nitrogens with zero attached hydrogens (tertiary/aromatic N) is 4. The third kappa shape index (κ3) is 8.14. The van der Waals surface area contributed by atoms with Crippen LogP contribution in [-0.2, 0) is 11.2 Å². The van der Waals surface area contributed by atoms with E-state index in [0.717, 1.165) is 55.0 Å². The minimum atomic E-state index is -0.696. The molecule has 2 amide bonds. The lowest BCUT2D eigenvalue weighted by Crippen LogP contribution is -2.59. The summed E-state index contributed by atoms with van der Waals surface area (Å²) >= 11 is 6.13. The number of hydrogen-bond acceptors (Lipinski definition) is 5. The second-order valence-electron chi connectivity index (χ2n) is 12.1. The molecular weight excluding hydrogens is 558 g/mol. The number of hydrogen-bond donors (Lipinski definition) is 1. The van der Waals surface area contributed by atoms with Gasteiger partial charge in [-0.2, -0.15) is 0 Å². The molecule has 0 spiro atoms. The fraction of sp³-hybridized carbons (Fsp3) is 0.514. The van der Waals surface area contributed by atoms with E-state index in [1.54, 1.807) is 12.3 Å². The van der Waals surface area contributed by atoms with E-state index in [2.05, 4.69) is 33.9 Å². The van der Waals surface area contributed by atoms with Crippen molar-refractivity contribution in [2.45, 2.75) is 64.5 Å². The molecule has 2 aromatic carbocycles. The normalized spacial score (nSPS) is 18.1. The number of amides is 2. The fourth-order valence-corrected chi connectivity index (χ4v) is 6.94. The van der Waals surface area contributed by atoms with E-state index in [0.29, 0.717) is 36.3 Å². The Morgan fingerprint density at radius 1 is 0.953 bits per heavy atom. The van der Waals surface area contributed by atoms with Crippen molar-refractivity contribution >= 4 is 34.2 Å². The van der Waals surface area contributed by atoms with Crippen LogP contribution in [0.5, 0.6) is 0 Å². The van der Waals surface area contributed by atoms with E-state index < -0.39 is 6.04 Å². The van der Waals surface area contributed by atoms with E-state index in [1.807, 2.05) is 53.4 Å². The topological polar surface area (TPSA) is 68.8 Å². The molecule has 0 bridgehead atoms. The summed E-state index contributed by atoms with van der Waals surface area (Å²) in [4.78, 5) is 39.0. The first-order valence-corrected chi connectivity index (χ1v) is 16.5. The molecule has 3 aromatic rings. The number of benzene rings is 2. The maximum Gasteiger partial charge on any atom is 0.270 e. The number of rotatable bonds is 11. The van der Waals surface area contributed by atoms with E-state index in [9.17, 15) is 9.59 Å². The smallest absolute Gasteiger partial charge is 0.270 e. The molecule has 1 saturated carbocycles. The van der Waals surface area contributed by atoms with Gasteiger partial charge >= 0.3 is 0 Å². The van der Waals surface area contributed by atoms with Gasteiger partial charge < -0.3 is 15.1 Å². The molecule has 2 atom stereocenters. The number of nitrogens with one attached hydrogen (secondary N) is 1. The van der Waals surface area contributed by atoms with Crippen LogP contribution in [0.4, 0.5) is 0 Å². The molecule has 7 nitrogen and oxygen atoms in total. The third-order valence-electron chi connectivity index (χ3n) is 9.45. The molecule has 43 heavy (non-hydrogen) atoms. The van der Waals surface area contributed by atoms with E-state index in [4.69, 9.17) is 11.6 Å². The zero-order chi connectivity index (χ0) is 30.2. The van der Waals surface area contributed by atoms with Crippen molar-refractivity contribution in [1.82, 2.24) is 25.0 Å². The average molecular weight is 604 g/mol. The summed E-state index contributed by atoms with van der Waals surface area (Å²) in [5.74, 6) is 0.345. The Morgan fingerprint density at radius 2 is 1.63 bits per heavy atom. The van der Waals surface area contributed by atoms with E-state index in [1.165, 1.54) is 32.1 Å². The Balaban J connectivity index is 1.29. The van der Waals surface area contributed by atoms with Gasteiger partial charge in [0.2, 0.25) is 5.91 Å². The molecule has 8 heteroatoms. The predicted octanol–water partition coefficient (Wildman–Crippen LogP) is 5.66. The Morgan fingerprint density at radius 3 is 2.30 bits per heavy atom. The van der Waals surface area contributed by atoms with Crippen LogP contribution in [0.2, 0.25) is 5.02 Å². The third-order valence-corrected chi connectivity index (χ3v) is 9.70. The fourth-order valence-electron chi connectivity index (χ4n) is 6.82. The first-order valence-electron chi connectivity index (χ1n) is 16.1. The summed E-state index contributed by atoms with van der Waals surface area (Å²) < 4.78 is 0. The second-order valence-corrected chi connectivity index (χ2v) is 12.5. The number of piperazine rings is 1. The molecule has 5 rings (SSSR count). The summed E-state index contributed by atoms with van der Waals surface area (Å²) in [6.45, 7) is 10.8. The lowest BCUT2D eigenvalue weighted by molar-refractivity contribution is -0.135. The highest BCUT2D eigenvalue weighted by Crippen LogP contribution is 2.30. The van der Waals surface area contributed by atoms with Gasteiger partial charge in [0, 0.05) is 61.8 Å². The quantitative estimate of drug-likeness (QED) is 0.306. The molecule has 1 aliphatic heterocycles. The highest BCUT2D eigenvalue weighted by Gasteiger charge is 2.35. The summed E-state index contributed by atoms with van der Waals surface area (Å²) in [6.07, 6.45) is 8.73. The van der Waals surface area contributed by atoms with Crippen molar-refractivity contribution in [3.63, 3.8) is 0 Å². The lowest BCUT2D eigenvalue weighted by Gasteiger charge is -2.45. The monoisotopic (exact) mass is 603 g/mol. The Bertz CT molecular complexity index is 1350. The van der Waals surface area contributed by atoms with E-state index in [-0.39, 0.29) is 11.8 Å². The van der Waals surface area contributed by atoms with Crippen LogP contribution >= 0.6 is 11.6 Å². The number of aromatic nitrogens is 1. The van der Waals surface area contributed by atoms with Crippen molar-refractivity contribution in [1.29, 1.82) is 0 Å². The molecule has 2 aliphatic rings. The molecule has 0 radical (unpaired) electrons. The van der Waals surface area contributed by atoms with Crippen molar-refractivity contribution in [2.24, 2.45) is 5.92 Å². The molecular formula is C35H46ClN5O2. The molecule has 1 saturated heterocycles. The summed E-state index contributed by atoms with van der Waals surface area (Å²) in [7, 11) is 0. The van der Waals surface area contributed by atoms with Crippen LogP contribution in [0.1, 0.15) is 62.0 Å². The van der Waals surface area contributed by atoms with Crippen LogP contribution in [0.15, 0.2) is 60.8 Å². The van der Waals surface area contributed by atoms with Gasteiger partial charge in [-0.15, -0.1) is 0 Å². The van der Waals surface area contributed by atoms with E-state index >= 15 is 0 Å². The van der Waals surface area contributed by atoms with Crippen LogP contribution < -0.4 is 5.32 Å². The number of halogens is 1.